The van der Waals surface area contributed by atoms with E-state index in [0.717, 1.165) is 10.5 Å². The van der Waals surface area contributed by atoms with E-state index in [-0.39, 0.29) is 10.8 Å². The van der Waals surface area contributed by atoms with Gasteiger partial charge >= 0.3 is 0 Å². The fraction of sp³-hybridized carbons (Fsp3) is 0.500. The molecule has 1 aromatic carbocycles. The molecule has 0 amide bonds. The van der Waals surface area contributed by atoms with Crippen molar-refractivity contribution in [1.82, 2.24) is 4.72 Å². The Morgan fingerprint density at radius 2 is 2.00 bits per heavy atom. The van der Waals surface area contributed by atoms with Crippen LogP contribution in [-0.4, -0.2) is 9.30 Å². The smallest absolute Gasteiger partial charge is 0.136 e. The number of nitrogens with one attached hydrogen (secondary N) is 1. The summed E-state index contributed by atoms with van der Waals surface area (Å²) in [4.78, 5) is 0.924. The zero-order chi connectivity index (χ0) is 12.3. The Hall–Kier alpha value is -0.160. The van der Waals surface area contributed by atoms with Crippen molar-refractivity contribution in [2.45, 2.75) is 43.4 Å². The molecule has 0 heterocycles. The average molecular weight is 257 g/mol. The highest BCUT2D eigenvalue weighted by atomic mass is 32.2. The molecular weight excluding hydrogens is 238 g/mol. The zero-order valence-electron chi connectivity index (χ0n) is 10.2. The Kier molecular flexibility index (Phi) is 4.73. The predicted octanol–water partition coefficient (Wildman–Crippen LogP) is 3.09. The van der Waals surface area contributed by atoms with E-state index in [1.54, 1.807) is 0 Å². The summed E-state index contributed by atoms with van der Waals surface area (Å²) in [5, 5.41) is 0. The van der Waals surface area contributed by atoms with E-state index in [0.29, 0.717) is 0 Å². The van der Waals surface area contributed by atoms with Gasteiger partial charge in [-0.15, -0.1) is 17.4 Å². The maximum atomic E-state index is 11.9. The molecule has 0 fully saturated rings. The summed E-state index contributed by atoms with van der Waals surface area (Å²) in [5.41, 5.74) is 1.10. The predicted molar refractivity (Wildman–Crippen MR) is 73.1 cm³/mol. The van der Waals surface area contributed by atoms with Crippen molar-refractivity contribution in [2.24, 2.45) is 0 Å². The maximum absolute atomic E-state index is 11.9. The molecule has 0 aromatic heterocycles. The Labute approximate surface area is 107 Å². The van der Waals surface area contributed by atoms with Crippen molar-refractivity contribution < 1.29 is 4.55 Å². The van der Waals surface area contributed by atoms with E-state index in [1.807, 2.05) is 52.0 Å². The molecule has 0 spiro atoms. The van der Waals surface area contributed by atoms with Gasteiger partial charge in [-0.3, -0.25) is 0 Å². The molecule has 0 aliphatic carbocycles. The van der Waals surface area contributed by atoms with Gasteiger partial charge in [0.05, 0.1) is 6.04 Å². The Balaban J connectivity index is 2.69. The van der Waals surface area contributed by atoms with Crippen LogP contribution >= 0.6 is 12.6 Å². The standard InChI is InChI=1S/C12H19NOS2/c1-9(13-16(14)12(2,3)4)10-6-5-7-11(15)8-10/h5-9,13,15H,1-4H3/t9-,16?/m1/s1. The lowest BCUT2D eigenvalue weighted by Gasteiger charge is -2.26. The Morgan fingerprint density at radius 3 is 2.50 bits per heavy atom. The fourth-order valence-corrected chi connectivity index (χ4v) is 2.25. The van der Waals surface area contributed by atoms with Gasteiger partial charge in [-0.2, -0.15) is 0 Å². The number of hydrogen-bond acceptors (Lipinski definition) is 3. The highest BCUT2D eigenvalue weighted by Crippen LogP contribution is 2.21. The van der Waals surface area contributed by atoms with Crippen LogP contribution in [0.4, 0.5) is 0 Å². The van der Waals surface area contributed by atoms with Crippen molar-refractivity contribution in [3.8, 4) is 0 Å². The molecule has 16 heavy (non-hydrogen) atoms. The first-order valence-corrected chi connectivity index (χ1v) is 6.87. The summed E-state index contributed by atoms with van der Waals surface area (Å²) in [6.45, 7) is 7.87. The molecule has 0 radical (unpaired) electrons. The molecule has 1 aromatic rings. The van der Waals surface area contributed by atoms with Crippen molar-refractivity contribution in [3.05, 3.63) is 29.8 Å². The molecule has 1 N–H and O–H groups in total. The fourth-order valence-electron chi connectivity index (χ4n) is 1.20. The third-order valence-corrected chi connectivity index (χ3v) is 4.17. The Morgan fingerprint density at radius 1 is 1.38 bits per heavy atom. The summed E-state index contributed by atoms with van der Waals surface area (Å²) in [6, 6.07) is 7.94. The van der Waals surface area contributed by atoms with Gasteiger partial charge in [0, 0.05) is 16.3 Å². The van der Waals surface area contributed by atoms with Gasteiger partial charge < -0.3 is 4.55 Å². The van der Waals surface area contributed by atoms with Crippen LogP contribution in [-0.2, 0) is 11.4 Å². The van der Waals surface area contributed by atoms with Gasteiger partial charge in [0.25, 0.3) is 0 Å². The van der Waals surface area contributed by atoms with Gasteiger partial charge in [0.15, 0.2) is 0 Å². The minimum absolute atomic E-state index is 0.0622. The first-order chi connectivity index (χ1) is 7.30. The van der Waals surface area contributed by atoms with Crippen molar-refractivity contribution in [2.75, 3.05) is 0 Å². The van der Waals surface area contributed by atoms with Gasteiger partial charge in [0.2, 0.25) is 0 Å². The average Bonchev–Trinajstić information content (AvgIpc) is 2.16. The van der Waals surface area contributed by atoms with Crippen LogP contribution in [0.5, 0.6) is 0 Å². The highest BCUT2D eigenvalue weighted by molar-refractivity contribution is 7.90. The third-order valence-electron chi connectivity index (χ3n) is 2.21. The zero-order valence-corrected chi connectivity index (χ0v) is 11.9. The molecule has 2 nitrogen and oxygen atoms in total. The number of hydrogen-bond donors (Lipinski definition) is 2. The Bertz CT molecular complexity index is 349. The molecule has 0 saturated carbocycles. The normalized spacial score (nSPS) is 15.9. The second kappa shape index (κ2) is 5.45. The van der Waals surface area contributed by atoms with Gasteiger partial charge in [-0.25, -0.2) is 0 Å². The van der Waals surface area contributed by atoms with E-state index in [4.69, 9.17) is 0 Å². The van der Waals surface area contributed by atoms with Gasteiger partial charge in [-0.1, -0.05) is 12.1 Å². The highest BCUT2D eigenvalue weighted by Gasteiger charge is 2.28. The quantitative estimate of drug-likeness (QED) is 0.645. The first-order valence-electron chi connectivity index (χ1n) is 5.27. The number of benzene rings is 1. The molecule has 1 unspecified atom stereocenters. The summed E-state index contributed by atoms with van der Waals surface area (Å²) in [7, 11) is 0. The SMILES string of the molecule is C[C@@H](N[S+]([O-])C(C)(C)C)c1cccc(S)c1. The third kappa shape index (κ3) is 4.01. The molecule has 2 atom stereocenters. The van der Waals surface area contributed by atoms with Crippen molar-refractivity contribution in [1.29, 1.82) is 0 Å². The number of thiol groups is 1. The summed E-state index contributed by atoms with van der Waals surface area (Å²) in [6.07, 6.45) is 0. The van der Waals surface area contributed by atoms with E-state index < -0.39 is 11.4 Å². The maximum Gasteiger partial charge on any atom is 0.136 e. The molecule has 4 heteroatoms. The molecule has 90 valence electrons. The largest absolute Gasteiger partial charge is 0.598 e. The van der Waals surface area contributed by atoms with E-state index in [2.05, 4.69) is 17.4 Å². The van der Waals surface area contributed by atoms with Gasteiger partial charge in [-0.05, 0) is 45.4 Å². The minimum Gasteiger partial charge on any atom is -0.598 e. The molecular formula is C12H19NOS2. The molecule has 0 saturated heterocycles. The lowest BCUT2D eigenvalue weighted by atomic mass is 10.1. The summed E-state index contributed by atoms with van der Waals surface area (Å²) >= 11 is 3.24. The molecule has 0 aliphatic heterocycles. The van der Waals surface area contributed by atoms with Crippen molar-refractivity contribution >= 4 is 24.0 Å². The van der Waals surface area contributed by atoms with E-state index in [9.17, 15) is 4.55 Å². The second-order valence-corrected chi connectivity index (χ2v) is 7.33. The van der Waals surface area contributed by atoms with E-state index >= 15 is 0 Å². The molecule has 0 aliphatic rings. The van der Waals surface area contributed by atoms with Crippen LogP contribution in [0.3, 0.4) is 0 Å². The lowest BCUT2D eigenvalue weighted by molar-refractivity contribution is 0.531. The van der Waals surface area contributed by atoms with Crippen LogP contribution in [0, 0.1) is 0 Å². The van der Waals surface area contributed by atoms with Crippen LogP contribution in [0.25, 0.3) is 0 Å². The monoisotopic (exact) mass is 257 g/mol. The van der Waals surface area contributed by atoms with Crippen LogP contribution in [0.15, 0.2) is 29.2 Å². The van der Waals surface area contributed by atoms with Crippen LogP contribution in [0.2, 0.25) is 0 Å². The minimum atomic E-state index is -1.05. The molecule has 0 bridgehead atoms. The van der Waals surface area contributed by atoms with Crippen LogP contribution < -0.4 is 4.72 Å². The van der Waals surface area contributed by atoms with Crippen molar-refractivity contribution in [3.63, 3.8) is 0 Å². The summed E-state index contributed by atoms with van der Waals surface area (Å²) < 4.78 is 14.8. The topological polar surface area (TPSA) is 35.1 Å². The lowest BCUT2D eigenvalue weighted by Crippen LogP contribution is -2.40. The first kappa shape index (κ1) is 13.9. The molecule has 1 rings (SSSR count). The second-order valence-electron chi connectivity index (χ2n) is 4.82. The number of rotatable bonds is 3. The van der Waals surface area contributed by atoms with Gasteiger partial charge in [0.1, 0.15) is 4.75 Å². The van der Waals surface area contributed by atoms with E-state index in [1.165, 1.54) is 0 Å². The summed E-state index contributed by atoms with van der Waals surface area (Å²) in [5.74, 6) is 0. The van der Waals surface area contributed by atoms with Crippen LogP contribution in [0.1, 0.15) is 39.3 Å².